The summed E-state index contributed by atoms with van der Waals surface area (Å²) in [5.74, 6) is 0. The van der Waals surface area contributed by atoms with Gasteiger partial charge in [0.1, 0.15) is 0 Å². The summed E-state index contributed by atoms with van der Waals surface area (Å²) in [6, 6.07) is 16.2. The fourth-order valence-corrected chi connectivity index (χ4v) is 2.98. The van der Waals surface area contributed by atoms with Crippen molar-refractivity contribution < 1.29 is 0 Å². The molecule has 1 nitrogen and oxygen atoms in total. The zero-order chi connectivity index (χ0) is 13.9. The molecule has 3 rings (SSSR count). The fourth-order valence-electron chi connectivity index (χ4n) is 2.98. The van der Waals surface area contributed by atoms with E-state index in [2.05, 4.69) is 61.6 Å². The second-order valence-electron chi connectivity index (χ2n) is 5.97. The van der Waals surface area contributed by atoms with Crippen LogP contribution >= 0.6 is 0 Å². The molecule has 2 aromatic rings. The maximum absolute atomic E-state index is 3.63. The molecule has 0 heterocycles. The predicted molar refractivity (Wildman–Crippen MR) is 84.9 cm³/mol. The summed E-state index contributed by atoms with van der Waals surface area (Å²) >= 11 is 0. The van der Waals surface area contributed by atoms with E-state index in [-0.39, 0.29) is 0 Å². The van der Waals surface area contributed by atoms with Gasteiger partial charge >= 0.3 is 0 Å². The van der Waals surface area contributed by atoms with Gasteiger partial charge in [0.25, 0.3) is 0 Å². The van der Waals surface area contributed by atoms with Crippen LogP contribution in [0.2, 0.25) is 0 Å². The molecule has 2 aromatic carbocycles. The standard InChI is InChI=1S/C19H23N/c1-14-6-9-17(10-7-14)15(2)20-13-16-8-11-18-4-3-5-19(18)12-16/h6-12,15,20H,3-5,13H2,1-2H3. The van der Waals surface area contributed by atoms with Crippen molar-refractivity contribution in [2.24, 2.45) is 0 Å². The number of nitrogens with one attached hydrogen (secondary N) is 1. The van der Waals surface area contributed by atoms with E-state index in [4.69, 9.17) is 0 Å². The minimum atomic E-state index is 0.392. The minimum absolute atomic E-state index is 0.392. The molecule has 1 N–H and O–H groups in total. The zero-order valence-corrected chi connectivity index (χ0v) is 12.4. The highest BCUT2D eigenvalue weighted by molar-refractivity contribution is 5.35. The molecule has 0 spiro atoms. The Balaban J connectivity index is 1.63. The molecule has 0 amide bonds. The molecule has 1 aliphatic rings. The third-order valence-electron chi connectivity index (χ3n) is 4.35. The highest BCUT2D eigenvalue weighted by Gasteiger charge is 2.11. The summed E-state index contributed by atoms with van der Waals surface area (Å²) in [5, 5.41) is 3.63. The highest BCUT2D eigenvalue weighted by Crippen LogP contribution is 2.23. The van der Waals surface area contributed by atoms with Gasteiger partial charge in [0.2, 0.25) is 0 Å². The Morgan fingerprint density at radius 1 is 1.00 bits per heavy atom. The molecule has 0 saturated carbocycles. The van der Waals surface area contributed by atoms with E-state index in [0.29, 0.717) is 6.04 Å². The number of rotatable bonds is 4. The average molecular weight is 265 g/mol. The van der Waals surface area contributed by atoms with E-state index in [1.165, 1.54) is 36.0 Å². The molecule has 1 heteroatoms. The second-order valence-corrected chi connectivity index (χ2v) is 5.97. The predicted octanol–water partition coefficient (Wildman–Crippen LogP) is 4.33. The van der Waals surface area contributed by atoms with Crippen molar-refractivity contribution in [3.8, 4) is 0 Å². The average Bonchev–Trinajstić information content (AvgIpc) is 2.93. The van der Waals surface area contributed by atoms with Gasteiger partial charge in [0.05, 0.1) is 0 Å². The summed E-state index contributed by atoms with van der Waals surface area (Å²) in [5.41, 5.74) is 7.20. The number of fused-ring (bicyclic) bond motifs is 1. The van der Waals surface area contributed by atoms with Crippen LogP contribution in [0.5, 0.6) is 0 Å². The van der Waals surface area contributed by atoms with Crippen molar-refractivity contribution in [1.29, 1.82) is 0 Å². The fraction of sp³-hybridized carbons (Fsp3) is 0.368. The smallest absolute Gasteiger partial charge is 0.0294 e. The first-order chi connectivity index (χ1) is 9.72. The van der Waals surface area contributed by atoms with Gasteiger partial charge in [-0.25, -0.2) is 0 Å². The lowest BCUT2D eigenvalue weighted by molar-refractivity contribution is 0.574. The zero-order valence-electron chi connectivity index (χ0n) is 12.4. The number of benzene rings is 2. The topological polar surface area (TPSA) is 12.0 Å². The molecule has 0 aliphatic heterocycles. The van der Waals surface area contributed by atoms with Crippen LogP contribution < -0.4 is 5.32 Å². The molecular formula is C19H23N. The summed E-state index contributed by atoms with van der Waals surface area (Å²) < 4.78 is 0. The van der Waals surface area contributed by atoms with Crippen LogP contribution in [0, 0.1) is 6.92 Å². The molecular weight excluding hydrogens is 242 g/mol. The van der Waals surface area contributed by atoms with E-state index in [1.54, 1.807) is 11.1 Å². The van der Waals surface area contributed by atoms with Crippen molar-refractivity contribution in [1.82, 2.24) is 5.32 Å². The van der Waals surface area contributed by atoms with Crippen LogP contribution in [-0.4, -0.2) is 0 Å². The molecule has 0 aromatic heterocycles. The Morgan fingerprint density at radius 2 is 1.75 bits per heavy atom. The van der Waals surface area contributed by atoms with Crippen LogP contribution in [0.15, 0.2) is 42.5 Å². The van der Waals surface area contributed by atoms with E-state index in [9.17, 15) is 0 Å². The van der Waals surface area contributed by atoms with Gasteiger partial charge in [-0.1, -0.05) is 48.0 Å². The summed E-state index contributed by atoms with van der Waals surface area (Å²) in [4.78, 5) is 0. The van der Waals surface area contributed by atoms with Crippen molar-refractivity contribution >= 4 is 0 Å². The molecule has 1 unspecified atom stereocenters. The van der Waals surface area contributed by atoms with Crippen molar-refractivity contribution in [2.45, 2.75) is 45.7 Å². The molecule has 1 aliphatic carbocycles. The number of aryl methyl sites for hydroxylation is 3. The molecule has 1 atom stereocenters. The molecule has 104 valence electrons. The molecule has 0 fully saturated rings. The Labute approximate surface area is 122 Å². The first kappa shape index (κ1) is 13.4. The molecule has 0 saturated heterocycles. The van der Waals surface area contributed by atoms with Gasteiger partial charge in [-0.05, 0) is 55.4 Å². The Hall–Kier alpha value is -1.60. The van der Waals surface area contributed by atoms with Crippen LogP contribution in [0.25, 0.3) is 0 Å². The lowest BCUT2D eigenvalue weighted by Gasteiger charge is -2.15. The van der Waals surface area contributed by atoms with Crippen molar-refractivity contribution in [3.63, 3.8) is 0 Å². The third-order valence-corrected chi connectivity index (χ3v) is 4.35. The van der Waals surface area contributed by atoms with Crippen LogP contribution in [0.1, 0.15) is 47.2 Å². The van der Waals surface area contributed by atoms with Gasteiger partial charge in [-0.2, -0.15) is 0 Å². The maximum Gasteiger partial charge on any atom is 0.0294 e. The number of hydrogen-bond donors (Lipinski definition) is 1. The minimum Gasteiger partial charge on any atom is -0.306 e. The molecule has 0 radical (unpaired) electrons. The van der Waals surface area contributed by atoms with E-state index in [1.807, 2.05) is 0 Å². The second kappa shape index (κ2) is 5.80. The maximum atomic E-state index is 3.63. The van der Waals surface area contributed by atoms with E-state index < -0.39 is 0 Å². The summed E-state index contributed by atoms with van der Waals surface area (Å²) in [7, 11) is 0. The van der Waals surface area contributed by atoms with E-state index >= 15 is 0 Å². The summed E-state index contributed by atoms with van der Waals surface area (Å²) in [6.07, 6.45) is 3.85. The van der Waals surface area contributed by atoms with Crippen LogP contribution in [0.3, 0.4) is 0 Å². The lowest BCUT2D eigenvalue weighted by Crippen LogP contribution is -2.18. The molecule has 20 heavy (non-hydrogen) atoms. The van der Waals surface area contributed by atoms with Gasteiger partial charge < -0.3 is 5.32 Å². The molecule has 0 bridgehead atoms. The van der Waals surface area contributed by atoms with Gasteiger partial charge in [-0.3, -0.25) is 0 Å². The van der Waals surface area contributed by atoms with Gasteiger partial charge in [-0.15, -0.1) is 0 Å². The van der Waals surface area contributed by atoms with Crippen LogP contribution in [0.4, 0.5) is 0 Å². The SMILES string of the molecule is Cc1ccc(C(C)NCc2ccc3c(c2)CCC3)cc1. The monoisotopic (exact) mass is 265 g/mol. The quantitative estimate of drug-likeness (QED) is 0.867. The Morgan fingerprint density at radius 3 is 2.55 bits per heavy atom. The third kappa shape index (κ3) is 2.94. The largest absolute Gasteiger partial charge is 0.306 e. The van der Waals surface area contributed by atoms with E-state index in [0.717, 1.165) is 6.54 Å². The Bertz CT molecular complexity index is 583. The van der Waals surface area contributed by atoms with Crippen molar-refractivity contribution in [3.05, 3.63) is 70.3 Å². The highest BCUT2D eigenvalue weighted by atomic mass is 14.9. The lowest BCUT2D eigenvalue weighted by atomic mass is 10.0. The van der Waals surface area contributed by atoms with Crippen molar-refractivity contribution in [2.75, 3.05) is 0 Å². The normalized spacial score (nSPS) is 15.1. The summed E-state index contributed by atoms with van der Waals surface area (Å²) in [6.45, 7) is 5.31. The first-order valence-corrected chi connectivity index (χ1v) is 7.63. The van der Waals surface area contributed by atoms with Gasteiger partial charge in [0, 0.05) is 12.6 Å². The number of hydrogen-bond acceptors (Lipinski definition) is 1. The van der Waals surface area contributed by atoms with Crippen LogP contribution in [-0.2, 0) is 19.4 Å². The first-order valence-electron chi connectivity index (χ1n) is 7.63. The van der Waals surface area contributed by atoms with Gasteiger partial charge in [0.15, 0.2) is 0 Å². The Kier molecular flexibility index (Phi) is 3.88.